The van der Waals surface area contributed by atoms with Crippen LogP contribution in [0.4, 0.5) is 11.5 Å². The van der Waals surface area contributed by atoms with Crippen molar-refractivity contribution in [3.63, 3.8) is 0 Å². The van der Waals surface area contributed by atoms with Crippen LogP contribution in [0, 0.1) is 6.92 Å². The maximum absolute atomic E-state index is 4.50. The number of hydrogen-bond donors (Lipinski definition) is 1. The van der Waals surface area contributed by atoms with E-state index in [0.717, 1.165) is 45.0 Å². The smallest absolute Gasteiger partial charge is 0.160 e. The van der Waals surface area contributed by atoms with Crippen LogP contribution in [0.15, 0.2) is 55.2 Å². The molecule has 134 valence electrons. The van der Waals surface area contributed by atoms with E-state index >= 15 is 0 Å². The minimum atomic E-state index is 0.803. The summed E-state index contributed by atoms with van der Waals surface area (Å²) in [7, 11) is 3.94. The zero-order chi connectivity index (χ0) is 18.5. The summed E-state index contributed by atoms with van der Waals surface area (Å²) in [6.45, 7) is 2.03. The predicted octanol–water partition coefficient (Wildman–Crippen LogP) is 3.67. The topological polar surface area (TPSA) is 65.0 Å². The highest BCUT2D eigenvalue weighted by Crippen LogP contribution is 2.29. The third-order valence-electron chi connectivity index (χ3n) is 4.92. The van der Waals surface area contributed by atoms with Crippen molar-refractivity contribution in [1.82, 2.24) is 28.7 Å². The van der Waals surface area contributed by atoms with Gasteiger partial charge in [0.25, 0.3) is 0 Å². The SMILES string of the molecule is Cc1cc(Nc2cc(-c3ccc4c(c3)ncn4C)cn3ccnc23)nn1C. The Hall–Kier alpha value is -3.61. The number of nitrogens with zero attached hydrogens (tertiary/aromatic N) is 6. The average molecular weight is 357 g/mol. The normalized spacial score (nSPS) is 11.5. The van der Waals surface area contributed by atoms with Crippen molar-refractivity contribution >= 4 is 28.2 Å². The standard InChI is InChI=1S/C20H19N7/c1-13-8-19(24-26(13)3)23-17-10-15(11-27-7-6-21-20(17)27)14-4-5-18-16(9-14)22-12-25(18)2/h4-12H,1-3H3,(H,23,24). The summed E-state index contributed by atoms with van der Waals surface area (Å²) in [6.07, 6.45) is 7.67. The van der Waals surface area contributed by atoms with Crippen LogP contribution in [0.1, 0.15) is 5.69 Å². The molecule has 0 unspecified atom stereocenters. The Kier molecular flexibility index (Phi) is 3.30. The molecular weight excluding hydrogens is 338 g/mol. The molecule has 0 saturated heterocycles. The third kappa shape index (κ3) is 2.55. The van der Waals surface area contributed by atoms with Crippen LogP contribution in [-0.4, -0.2) is 28.7 Å². The number of benzene rings is 1. The Morgan fingerprint density at radius 2 is 1.89 bits per heavy atom. The second kappa shape index (κ2) is 5.70. The average Bonchev–Trinajstić information content (AvgIpc) is 3.35. The van der Waals surface area contributed by atoms with E-state index in [1.54, 1.807) is 6.20 Å². The number of pyridine rings is 1. The Balaban J connectivity index is 1.63. The van der Waals surface area contributed by atoms with Gasteiger partial charge in [-0.05, 0) is 30.7 Å². The maximum Gasteiger partial charge on any atom is 0.160 e. The summed E-state index contributed by atoms with van der Waals surface area (Å²) in [4.78, 5) is 8.96. The van der Waals surface area contributed by atoms with Gasteiger partial charge >= 0.3 is 0 Å². The Bertz CT molecular complexity index is 1270. The van der Waals surface area contributed by atoms with E-state index in [2.05, 4.69) is 50.8 Å². The van der Waals surface area contributed by atoms with E-state index in [1.165, 1.54) is 0 Å². The molecule has 7 heteroatoms. The molecule has 0 aliphatic heterocycles. The van der Waals surface area contributed by atoms with Crippen molar-refractivity contribution in [2.24, 2.45) is 14.1 Å². The number of imidazole rings is 2. The van der Waals surface area contributed by atoms with E-state index in [4.69, 9.17) is 0 Å². The van der Waals surface area contributed by atoms with E-state index in [0.29, 0.717) is 0 Å². The molecule has 0 amide bonds. The lowest BCUT2D eigenvalue weighted by Gasteiger charge is -2.10. The van der Waals surface area contributed by atoms with Crippen molar-refractivity contribution in [2.45, 2.75) is 6.92 Å². The maximum atomic E-state index is 4.50. The first-order valence-electron chi connectivity index (χ1n) is 8.74. The molecule has 4 heterocycles. The van der Waals surface area contributed by atoms with Gasteiger partial charge in [0.15, 0.2) is 11.5 Å². The lowest BCUT2D eigenvalue weighted by atomic mass is 10.1. The lowest BCUT2D eigenvalue weighted by molar-refractivity contribution is 0.743. The van der Waals surface area contributed by atoms with E-state index < -0.39 is 0 Å². The fraction of sp³-hybridized carbons (Fsp3) is 0.150. The van der Waals surface area contributed by atoms with Gasteiger partial charge in [-0.25, -0.2) is 9.97 Å². The highest BCUT2D eigenvalue weighted by Gasteiger charge is 2.11. The quantitative estimate of drug-likeness (QED) is 0.535. The van der Waals surface area contributed by atoms with Gasteiger partial charge in [0.05, 0.1) is 23.0 Å². The summed E-state index contributed by atoms with van der Waals surface area (Å²) in [5, 5.41) is 7.91. The van der Waals surface area contributed by atoms with Gasteiger partial charge in [0.1, 0.15) is 0 Å². The zero-order valence-electron chi connectivity index (χ0n) is 15.4. The molecule has 0 bridgehead atoms. The molecule has 7 nitrogen and oxygen atoms in total. The summed E-state index contributed by atoms with van der Waals surface area (Å²) < 4.78 is 5.90. The van der Waals surface area contributed by atoms with Crippen molar-refractivity contribution in [3.05, 3.63) is 60.9 Å². The van der Waals surface area contributed by atoms with Gasteiger partial charge < -0.3 is 14.3 Å². The molecule has 0 aliphatic carbocycles. The van der Waals surface area contributed by atoms with Crippen molar-refractivity contribution in [1.29, 1.82) is 0 Å². The Labute approximate surface area is 155 Å². The van der Waals surface area contributed by atoms with E-state index in [9.17, 15) is 0 Å². The molecule has 1 aromatic carbocycles. The van der Waals surface area contributed by atoms with Gasteiger partial charge in [0, 0.05) is 50.0 Å². The van der Waals surface area contributed by atoms with Crippen LogP contribution >= 0.6 is 0 Å². The molecule has 0 saturated carbocycles. The van der Waals surface area contributed by atoms with Crippen molar-refractivity contribution in [2.75, 3.05) is 5.32 Å². The van der Waals surface area contributed by atoms with Crippen LogP contribution < -0.4 is 5.32 Å². The molecule has 5 aromatic rings. The van der Waals surface area contributed by atoms with E-state index in [1.807, 2.05) is 53.3 Å². The Morgan fingerprint density at radius 1 is 1.00 bits per heavy atom. The number of aromatic nitrogens is 6. The first kappa shape index (κ1) is 15.6. The highest BCUT2D eigenvalue weighted by molar-refractivity contribution is 5.85. The number of anilines is 2. The van der Waals surface area contributed by atoms with Crippen LogP contribution in [0.25, 0.3) is 27.8 Å². The third-order valence-corrected chi connectivity index (χ3v) is 4.92. The highest BCUT2D eigenvalue weighted by atomic mass is 15.3. The molecular formula is C20H19N7. The van der Waals surface area contributed by atoms with Crippen LogP contribution in [-0.2, 0) is 14.1 Å². The molecule has 0 atom stereocenters. The van der Waals surface area contributed by atoms with Crippen molar-refractivity contribution in [3.8, 4) is 11.1 Å². The monoisotopic (exact) mass is 357 g/mol. The first-order chi connectivity index (χ1) is 13.1. The molecule has 5 rings (SSSR count). The summed E-state index contributed by atoms with van der Waals surface area (Å²) in [5.41, 5.74) is 7.16. The van der Waals surface area contributed by atoms with Gasteiger partial charge in [-0.3, -0.25) is 4.68 Å². The molecule has 0 aliphatic rings. The zero-order valence-corrected chi connectivity index (χ0v) is 15.4. The molecule has 0 spiro atoms. The van der Waals surface area contributed by atoms with Gasteiger partial charge in [0.2, 0.25) is 0 Å². The minimum absolute atomic E-state index is 0.803. The summed E-state index contributed by atoms with van der Waals surface area (Å²) in [5.74, 6) is 0.803. The van der Waals surface area contributed by atoms with Crippen LogP contribution in [0.2, 0.25) is 0 Å². The number of rotatable bonds is 3. The second-order valence-corrected chi connectivity index (χ2v) is 6.78. The fourth-order valence-electron chi connectivity index (χ4n) is 3.36. The molecule has 1 N–H and O–H groups in total. The number of nitrogens with one attached hydrogen (secondary N) is 1. The summed E-state index contributed by atoms with van der Waals surface area (Å²) >= 11 is 0. The first-order valence-corrected chi connectivity index (χ1v) is 8.74. The second-order valence-electron chi connectivity index (χ2n) is 6.78. The minimum Gasteiger partial charge on any atom is -0.336 e. The lowest BCUT2D eigenvalue weighted by Crippen LogP contribution is -1.98. The fourth-order valence-corrected chi connectivity index (χ4v) is 3.36. The molecule has 4 aromatic heterocycles. The van der Waals surface area contributed by atoms with Gasteiger partial charge in [-0.15, -0.1) is 0 Å². The predicted molar refractivity (Wildman–Crippen MR) is 106 cm³/mol. The van der Waals surface area contributed by atoms with Crippen molar-refractivity contribution < 1.29 is 0 Å². The van der Waals surface area contributed by atoms with Gasteiger partial charge in [-0.2, -0.15) is 5.10 Å². The van der Waals surface area contributed by atoms with Crippen LogP contribution in [0.5, 0.6) is 0 Å². The summed E-state index contributed by atoms with van der Waals surface area (Å²) in [6, 6.07) is 10.5. The Morgan fingerprint density at radius 3 is 2.70 bits per heavy atom. The largest absolute Gasteiger partial charge is 0.336 e. The molecule has 0 radical (unpaired) electrons. The van der Waals surface area contributed by atoms with E-state index in [-0.39, 0.29) is 0 Å². The van der Waals surface area contributed by atoms with Gasteiger partial charge in [-0.1, -0.05) is 6.07 Å². The van der Waals surface area contributed by atoms with Crippen LogP contribution in [0.3, 0.4) is 0 Å². The number of hydrogen-bond acceptors (Lipinski definition) is 4. The molecule has 0 fully saturated rings. The molecule has 27 heavy (non-hydrogen) atoms. The number of aryl methyl sites for hydroxylation is 3. The number of fused-ring (bicyclic) bond motifs is 2.